The van der Waals surface area contributed by atoms with E-state index in [2.05, 4.69) is 46.6 Å². The number of benzene rings is 1. The fraction of sp³-hybridized carbons (Fsp3) is 0.652. The van der Waals surface area contributed by atoms with Gasteiger partial charge in [-0.1, -0.05) is 87.7 Å². The lowest BCUT2D eigenvalue weighted by atomic mass is 10.0. The predicted octanol–water partition coefficient (Wildman–Crippen LogP) is 6.31. The Balaban J connectivity index is 0.00000280. The molecule has 1 saturated heterocycles. The van der Waals surface area contributed by atoms with Crippen molar-refractivity contribution in [2.24, 2.45) is 0 Å². The number of hydrogen-bond acceptors (Lipinski definition) is 4. The third-order valence-electron chi connectivity index (χ3n) is 5.63. The maximum atomic E-state index is 5.47. The van der Waals surface area contributed by atoms with E-state index in [0.29, 0.717) is 11.7 Å². The Morgan fingerprint density at radius 1 is 0.964 bits per heavy atom. The Hall–Kier alpha value is -1.39. The number of nitrogens with zero attached hydrogens (tertiary/aromatic N) is 2. The Bertz CT molecular complexity index is 650. The summed E-state index contributed by atoms with van der Waals surface area (Å²) >= 11 is 0. The van der Waals surface area contributed by atoms with E-state index in [-0.39, 0.29) is 12.4 Å². The number of nitrogens with one attached hydrogen (secondary N) is 1. The Labute approximate surface area is 176 Å². The number of unbranched alkanes of at least 4 members (excludes halogenated alkanes) is 8. The number of hydrogen-bond donors (Lipinski definition) is 1. The Morgan fingerprint density at radius 2 is 1.64 bits per heavy atom. The standard InChI is InChI=1S/C23H35N3O.ClH/c1-2-3-4-5-6-7-8-9-10-11-19-12-14-20(15-13-19)22-25-23(27-26-22)21-16-17-24-18-21;/h12-15,21,24H,2-11,16-18H2,1H3;1H/t21-;/m1./s1. The van der Waals surface area contributed by atoms with Crippen molar-refractivity contribution in [2.45, 2.75) is 83.5 Å². The van der Waals surface area contributed by atoms with Gasteiger partial charge in [-0.3, -0.25) is 0 Å². The predicted molar refractivity (Wildman–Crippen MR) is 118 cm³/mol. The van der Waals surface area contributed by atoms with E-state index in [1.807, 2.05) is 0 Å². The van der Waals surface area contributed by atoms with Crippen molar-refractivity contribution in [3.05, 3.63) is 35.7 Å². The average molecular weight is 406 g/mol. The van der Waals surface area contributed by atoms with Gasteiger partial charge in [0.25, 0.3) is 0 Å². The first-order valence-corrected chi connectivity index (χ1v) is 11.0. The molecule has 0 radical (unpaired) electrons. The van der Waals surface area contributed by atoms with Crippen molar-refractivity contribution < 1.29 is 4.52 Å². The van der Waals surface area contributed by atoms with Gasteiger partial charge >= 0.3 is 0 Å². The second-order valence-electron chi connectivity index (χ2n) is 7.92. The van der Waals surface area contributed by atoms with E-state index in [4.69, 9.17) is 4.52 Å². The molecule has 1 aromatic heterocycles. The monoisotopic (exact) mass is 405 g/mol. The lowest BCUT2D eigenvalue weighted by molar-refractivity contribution is 0.359. The summed E-state index contributed by atoms with van der Waals surface area (Å²) in [6, 6.07) is 8.69. The van der Waals surface area contributed by atoms with Crippen LogP contribution in [0.25, 0.3) is 11.4 Å². The molecule has 0 amide bonds. The highest BCUT2D eigenvalue weighted by Gasteiger charge is 2.22. The van der Waals surface area contributed by atoms with Gasteiger partial charge in [0.15, 0.2) is 0 Å². The van der Waals surface area contributed by atoms with Crippen LogP contribution in [0.4, 0.5) is 0 Å². The summed E-state index contributed by atoms with van der Waals surface area (Å²) in [7, 11) is 0. The van der Waals surface area contributed by atoms with Gasteiger partial charge in [-0.15, -0.1) is 12.4 Å². The van der Waals surface area contributed by atoms with Gasteiger partial charge in [0.2, 0.25) is 11.7 Å². The van der Waals surface area contributed by atoms with Crippen molar-refractivity contribution in [1.29, 1.82) is 0 Å². The molecule has 1 atom stereocenters. The van der Waals surface area contributed by atoms with Gasteiger partial charge in [-0.05, 0) is 31.4 Å². The van der Waals surface area contributed by atoms with Crippen LogP contribution in [0.15, 0.2) is 28.8 Å². The molecule has 1 aliphatic rings. The van der Waals surface area contributed by atoms with Gasteiger partial charge in [0.05, 0.1) is 5.92 Å². The third-order valence-corrected chi connectivity index (χ3v) is 5.63. The van der Waals surface area contributed by atoms with Gasteiger partial charge < -0.3 is 9.84 Å². The first-order valence-electron chi connectivity index (χ1n) is 11.0. The summed E-state index contributed by atoms with van der Waals surface area (Å²) in [6.07, 6.45) is 14.7. The maximum Gasteiger partial charge on any atom is 0.231 e. The molecule has 28 heavy (non-hydrogen) atoms. The molecule has 1 N–H and O–H groups in total. The van der Waals surface area contributed by atoms with Crippen LogP contribution in [-0.4, -0.2) is 23.2 Å². The minimum absolute atomic E-state index is 0. The normalized spacial score (nSPS) is 16.2. The molecule has 1 aliphatic heterocycles. The first kappa shape index (κ1) is 22.9. The second kappa shape index (κ2) is 12.9. The van der Waals surface area contributed by atoms with Gasteiger partial charge in [-0.25, -0.2) is 0 Å². The summed E-state index contributed by atoms with van der Waals surface area (Å²) in [4.78, 5) is 4.60. The molecule has 5 heteroatoms. The number of aryl methyl sites for hydroxylation is 1. The van der Waals surface area contributed by atoms with Crippen LogP contribution in [-0.2, 0) is 6.42 Å². The molecule has 0 saturated carbocycles. The van der Waals surface area contributed by atoms with Crippen LogP contribution < -0.4 is 5.32 Å². The van der Waals surface area contributed by atoms with Crippen LogP contribution in [0.1, 0.15) is 88.5 Å². The number of aromatic nitrogens is 2. The fourth-order valence-electron chi connectivity index (χ4n) is 3.84. The van der Waals surface area contributed by atoms with Crippen molar-refractivity contribution >= 4 is 12.4 Å². The Morgan fingerprint density at radius 3 is 2.29 bits per heavy atom. The number of halogens is 1. The van der Waals surface area contributed by atoms with Crippen LogP contribution in [0.5, 0.6) is 0 Å². The minimum Gasteiger partial charge on any atom is -0.339 e. The van der Waals surface area contributed by atoms with Gasteiger partial charge in [-0.2, -0.15) is 4.98 Å². The summed E-state index contributed by atoms with van der Waals surface area (Å²) in [5.41, 5.74) is 2.46. The number of rotatable bonds is 12. The molecule has 1 aromatic carbocycles. The highest BCUT2D eigenvalue weighted by Crippen LogP contribution is 2.24. The average Bonchev–Trinajstić information content (AvgIpc) is 3.39. The van der Waals surface area contributed by atoms with Crippen LogP contribution in [0, 0.1) is 0 Å². The van der Waals surface area contributed by atoms with Crippen LogP contribution >= 0.6 is 12.4 Å². The molecule has 1 fully saturated rings. The molecule has 0 spiro atoms. The molecular formula is C23H36ClN3O. The fourth-order valence-corrected chi connectivity index (χ4v) is 3.84. The van der Waals surface area contributed by atoms with E-state index < -0.39 is 0 Å². The third kappa shape index (κ3) is 7.21. The minimum atomic E-state index is 0. The SMILES string of the molecule is CCCCCCCCCCCc1ccc(-c2noc([C@@H]3CCNC3)n2)cc1.Cl. The molecule has 0 aliphatic carbocycles. The molecule has 156 valence electrons. The lowest BCUT2D eigenvalue weighted by Gasteiger charge is -2.04. The van der Waals surface area contributed by atoms with Gasteiger partial charge in [0, 0.05) is 12.1 Å². The highest BCUT2D eigenvalue weighted by molar-refractivity contribution is 5.85. The maximum absolute atomic E-state index is 5.47. The molecule has 3 rings (SSSR count). The highest BCUT2D eigenvalue weighted by atomic mass is 35.5. The van der Waals surface area contributed by atoms with Gasteiger partial charge in [0.1, 0.15) is 0 Å². The van der Waals surface area contributed by atoms with E-state index >= 15 is 0 Å². The van der Waals surface area contributed by atoms with E-state index in [9.17, 15) is 0 Å². The molecule has 2 heterocycles. The zero-order valence-corrected chi connectivity index (χ0v) is 18.1. The van der Waals surface area contributed by atoms with Crippen LogP contribution in [0.2, 0.25) is 0 Å². The zero-order chi connectivity index (χ0) is 18.7. The van der Waals surface area contributed by atoms with Crippen molar-refractivity contribution in [3.63, 3.8) is 0 Å². The molecular weight excluding hydrogens is 370 g/mol. The first-order chi connectivity index (χ1) is 13.4. The summed E-state index contributed by atoms with van der Waals surface area (Å²) in [6.45, 7) is 4.26. The zero-order valence-electron chi connectivity index (χ0n) is 17.3. The van der Waals surface area contributed by atoms with E-state index in [0.717, 1.165) is 31.0 Å². The largest absolute Gasteiger partial charge is 0.339 e. The lowest BCUT2D eigenvalue weighted by Crippen LogP contribution is -2.08. The Kier molecular flexibility index (Phi) is 10.6. The molecule has 0 unspecified atom stereocenters. The van der Waals surface area contributed by atoms with E-state index in [1.54, 1.807) is 0 Å². The summed E-state index contributed by atoms with van der Waals surface area (Å²) in [5, 5.41) is 7.51. The van der Waals surface area contributed by atoms with Crippen molar-refractivity contribution in [2.75, 3.05) is 13.1 Å². The van der Waals surface area contributed by atoms with Crippen molar-refractivity contribution in [1.82, 2.24) is 15.5 Å². The van der Waals surface area contributed by atoms with E-state index in [1.165, 1.54) is 69.8 Å². The molecule has 2 aromatic rings. The summed E-state index contributed by atoms with van der Waals surface area (Å²) < 4.78 is 5.47. The topological polar surface area (TPSA) is 51.0 Å². The summed E-state index contributed by atoms with van der Waals surface area (Å²) in [5.74, 6) is 1.86. The molecule has 0 bridgehead atoms. The van der Waals surface area contributed by atoms with Crippen molar-refractivity contribution in [3.8, 4) is 11.4 Å². The second-order valence-corrected chi connectivity index (χ2v) is 7.92. The smallest absolute Gasteiger partial charge is 0.231 e. The quantitative estimate of drug-likeness (QED) is 0.420. The van der Waals surface area contributed by atoms with Crippen LogP contribution in [0.3, 0.4) is 0 Å². The molecule has 4 nitrogen and oxygen atoms in total.